The second kappa shape index (κ2) is 4.89. The molecule has 0 unspecified atom stereocenters. The van der Waals surface area contributed by atoms with Crippen molar-refractivity contribution in [3.05, 3.63) is 42.6 Å². The van der Waals surface area contributed by atoms with Gasteiger partial charge in [0, 0.05) is 10.6 Å². The lowest BCUT2D eigenvalue weighted by atomic mass is 10.3. The molecule has 78 valence electrons. The fourth-order valence-electron chi connectivity index (χ4n) is 1.30. The number of aromatic nitrogens is 1. The molecule has 0 aliphatic heterocycles. The van der Waals surface area contributed by atoms with Gasteiger partial charge in [-0.15, -0.1) is 11.8 Å². The quantitative estimate of drug-likeness (QED) is 0.804. The van der Waals surface area contributed by atoms with E-state index in [1.54, 1.807) is 18.0 Å². The van der Waals surface area contributed by atoms with Crippen molar-refractivity contribution in [3.63, 3.8) is 0 Å². The van der Waals surface area contributed by atoms with Crippen LogP contribution in [-0.2, 0) is 6.54 Å². The maximum atomic E-state index is 5.15. The number of oxazole rings is 1. The monoisotopic (exact) mass is 220 g/mol. The first-order chi connectivity index (χ1) is 7.40. The highest BCUT2D eigenvalue weighted by atomic mass is 32.2. The summed E-state index contributed by atoms with van der Waals surface area (Å²) in [4.78, 5) is 5.10. The number of para-hydroxylation sites is 1. The number of hydrogen-bond donors (Lipinski definition) is 1. The molecule has 0 fully saturated rings. The van der Waals surface area contributed by atoms with Crippen molar-refractivity contribution in [2.24, 2.45) is 0 Å². The smallest absolute Gasteiger partial charge is 0.180 e. The van der Waals surface area contributed by atoms with E-state index in [-0.39, 0.29) is 0 Å². The number of rotatable bonds is 4. The normalized spacial score (nSPS) is 10.2. The third-order valence-corrected chi connectivity index (χ3v) is 2.84. The van der Waals surface area contributed by atoms with Crippen LogP contribution in [0.3, 0.4) is 0 Å². The summed E-state index contributed by atoms with van der Waals surface area (Å²) in [6, 6.07) is 8.20. The van der Waals surface area contributed by atoms with Crippen LogP contribution >= 0.6 is 11.8 Å². The van der Waals surface area contributed by atoms with Crippen molar-refractivity contribution in [3.8, 4) is 0 Å². The minimum atomic E-state index is 0.664. The van der Waals surface area contributed by atoms with Gasteiger partial charge < -0.3 is 9.73 Å². The minimum absolute atomic E-state index is 0.664. The summed E-state index contributed by atoms with van der Waals surface area (Å²) >= 11 is 1.72. The number of benzene rings is 1. The highest BCUT2D eigenvalue weighted by molar-refractivity contribution is 7.98. The minimum Gasteiger partial charge on any atom is -0.447 e. The maximum Gasteiger partial charge on any atom is 0.180 e. The average molecular weight is 220 g/mol. The Balaban J connectivity index is 2.04. The van der Waals surface area contributed by atoms with Crippen LogP contribution in [0, 0.1) is 0 Å². The Bertz CT molecular complexity index is 414. The van der Waals surface area contributed by atoms with Crippen LogP contribution in [0.15, 0.2) is 46.2 Å². The van der Waals surface area contributed by atoms with Gasteiger partial charge in [0.05, 0.1) is 12.7 Å². The van der Waals surface area contributed by atoms with Crippen LogP contribution in [0.4, 0.5) is 5.69 Å². The zero-order valence-electron chi connectivity index (χ0n) is 8.43. The van der Waals surface area contributed by atoms with Crippen molar-refractivity contribution in [1.82, 2.24) is 4.98 Å². The first kappa shape index (κ1) is 10.1. The molecule has 1 aromatic carbocycles. The predicted octanol–water partition coefficient (Wildman–Crippen LogP) is 3.01. The van der Waals surface area contributed by atoms with Crippen molar-refractivity contribution >= 4 is 17.4 Å². The summed E-state index contributed by atoms with van der Waals surface area (Å²) in [5.74, 6) is 0.839. The van der Waals surface area contributed by atoms with Crippen LogP contribution < -0.4 is 5.32 Å². The number of hydrogen-bond acceptors (Lipinski definition) is 4. The van der Waals surface area contributed by atoms with E-state index in [1.165, 1.54) is 11.3 Å². The zero-order valence-corrected chi connectivity index (χ0v) is 9.25. The second-order valence-corrected chi connectivity index (χ2v) is 3.87. The zero-order chi connectivity index (χ0) is 10.5. The van der Waals surface area contributed by atoms with E-state index >= 15 is 0 Å². The molecule has 2 aromatic rings. The van der Waals surface area contributed by atoms with Gasteiger partial charge in [-0.25, -0.2) is 4.98 Å². The predicted molar refractivity (Wildman–Crippen MR) is 62.1 cm³/mol. The topological polar surface area (TPSA) is 38.1 Å². The van der Waals surface area contributed by atoms with E-state index in [0.717, 1.165) is 11.4 Å². The molecule has 3 nitrogen and oxygen atoms in total. The third-order valence-electron chi connectivity index (χ3n) is 2.04. The lowest BCUT2D eigenvalue weighted by Gasteiger charge is -2.08. The third kappa shape index (κ3) is 2.53. The van der Waals surface area contributed by atoms with Crippen molar-refractivity contribution in [2.75, 3.05) is 11.6 Å². The lowest BCUT2D eigenvalue weighted by molar-refractivity contribution is 0.511. The summed E-state index contributed by atoms with van der Waals surface area (Å²) in [5, 5.41) is 3.31. The van der Waals surface area contributed by atoms with Crippen LogP contribution in [0.1, 0.15) is 5.76 Å². The molecule has 0 radical (unpaired) electrons. The molecule has 0 aliphatic carbocycles. The highest BCUT2D eigenvalue weighted by Gasteiger charge is 2.00. The average Bonchev–Trinajstić information content (AvgIpc) is 2.79. The van der Waals surface area contributed by atoms with Gasteiger partial charge in [-0.05, 0) is 18.4 Å². The van der Waals surface area contributed by atoms with Gasteiger partial charge in [-0.3, -0.25) is 0 Å². The molecule has 0 amide bonds. The summed E-state index contributed by atoms with van der Waals surface area (Å²) in [6.07, 6.45) is 5.22. The van der Waals surface area contributed by atoms with Crippen LogP contribution in [0.25, 0.3) is 0 Å². The van der Waals surface area contributed by atoms with Gasteiger partial charge in [0.15, 0.2) is 6.39 Å². The molecule has 4 heteroatoms. The first-order valence-electron chi connectivity index (χ1n) is 4.64. The molecule has 0 spiro atoms. The fraction of sp³-hybridized carbons (Fsp3) is 0.182. The van der Waals surface area contributed by atoms with Gasteiger partial charge in [0.2, 0.25) is 0 Å². The van der Waals surface area contributed by atoms with E-state index in [1.807, 2.05) is 12.1 Å². The summed E-state index contributed by atoms with van der Waals surface area (Å²) in [6.45, 7) is 0.664. The molecule has 15 heavy (non-hydrogen) atoms. The Morgan fingerprint density at radius 2 is 2.27 bits per heavy atom. The van der Waals surface area contributed by atoms with E-state index in [2.05, 4.69) is 28.7 Å². The van der Waals surface area contributed by atoms with Crippen LogP contribution in [0.5, 0.6) is 0 Å². The van der Waals surface area contributed by atoms with Crippen molar-refractivity contribution in [1.29, 1.82) is 0 Å². The summed E-state index contributed by atoms with van der Waals surface area (Å²) in [7, 11) is 0. The van der Waals surface area contributed by atoms with Gasteiger partial charge in [-0.1, -0.05) is 12.1 Å². The van der Waals surface area contributed by atoms with Gasteiger partial charge in [-0.2, -0.15) is 0 Å². The number of nitrogens with one attached hydrogen (secondary N) is 1. The fourth-order valence-corrected chi connectivity index (χ4v) is 1.88. The van der Waals surface area contributed by atoms with Crippen molar-refractivity contribution in [2.45, 2.75) is 11.4 Å². The molecule has 1 aromatic heterocycles. The molecule has 1 heterocycles. The molecule has 0 bridgehead atoms. The molecular formula is C11H12N2OS. The second-order valence-electron chi connectivity index (χ2n) is 3.02. The molecule has 0 aliphatic rings. The Morgan fingerprint density at radius 1 is 1.40 bits per heavy atom. The lowest BCUT2D eigenvalue weighted by Crippen LogP contribution is -1.99. The Kier molecular flexibility index (Phi) is 3.29. The summed E-state index contributed by atoms with van der Waals surface area (Å²) in [5.41, 5.74) is 1.13. The molecule has 1 N–H and O–H groups in total. The van der Waals surface area contributed by atoms with Crippen molar-refractivity contribution < 1.29 is 4.42 Å². The Hall–Kier alpha value is -1.42. The maximum absolute atomic E-state index is 5.15. The standard InChI is InChI=1S/C11H12N2OS/c1-15-11-5-3-2-4-10(11)13-7-9-6-12-8-14-9/h2-6,8,13H,7H2,1H3. The largest absolute Gasteiger partial charge is 0.447 e. The van der Waals surface area contributed by atoms with Crippen LogP contribution in [-0.4, -0.2) is 11.2 Å². The van der Waals surface area contributed by atoms with E-state index < -0.39 is 0 Å². The Morgan fingerprint density at radius 3 is 3.00 bits per heavy atom. The van der Waals surface area contributed by atoms with Gasteiger partial charge in [0.25, 0.3) is 0 Å². The van der Waals surface area contributed by atoms with E-state index in [4.69, 9.17) is 4.42 Å². The SMILES string of the molecule is CSc1ccccc1NCc1cnco1. The highest BCUT2D eigenvalue weighted by Crippen LogP contribution is 2.24. The summed E-state index contributed by atoms with van der Waals surface area (Å²) < 4.78 is 5.15. The number of nitrogens with zero attached hydrogens (tertiary/aromatic N) is 1. The molecule has 2 rings (SSSR count). The van der Waals surface area contributed by atoms with Gasteiger partial charge in [0.1, 0.15) is 5.76 Å². The number of anilines is 1. The molecule has 0 saturated carbocycles. The molecular weight excluding hydrogens is 208 g/mol. The molecule has 0 saturated heterocycles. The first-order valence-corrected chi connectivity index (χ1v) is 5.87. The Labute approximate surface area is 92.9 Å². The van der Waals surface area contributed by atoms with Crippen LogP contribution in [0.2, 0.25) is 0 Å². The van der Waals surface area contributed by atoms with E-state index in [9.17, 15) is 0 Å². The van der Waals surface area contributed by atoms with E-state index in [0.29, 0.717) is 6.54 Å². The number of thioether (sulfide) groups is 1. The van der Waals surface area contributed by atoms with Gasteiger partial charge >= 0.3 is 0 Å². The molecule has 0 atom stereocenters.